The molecule has 1 saturated heterocycles. The van der Waals surface area contributed by atoms with Gasteiger partial charge in [0.2, 0.25) is 0 Å². The molecule has 2 aromatic carbocycles. The van der Waals surface area contributed by atoms with Gasteiger partial charge in [0.15, 0.2) is 16.4 Å². The van der Waals surface area contributed by atoms with Crippen LogP contribution in [0.3, 0.4) is 0 Å². The Morgan fingerprint density at radius 3 is 2.62 bits per heavy atom. The zero-order chi connectivity index (χ0) is 28.0. The van der Waals surface area contributed by atoms with Crippen LogP contribution in [-0.4, -0.2) is 57.7 Å². The van der Waals surface area contributed by atoms with Gasteiger partial charge in [0.05, 0.1) is 28.3 Å². The maximum atomic E-state index is 13.5. The summed E-state index contributed by atoms with van der Waals surface area (Å²) < 4.78 is 70.7. The van der Waals surface area contributed by atoms with E-state index in [1.165, 1.54) is 18.2 Å². The Kier molecular flexibility index (Phi) is 8.58. The van der Waals surface area contributed by atoms with Crippen molar-refractivity contribution in [2.24, 2.45) is 0 Å². The van der Waals surface area contributed by atoms with Crippen molar-refractivity contribution >= 4 is 32.1 Å². The lowest BCUT2D eigenvalue weighted by Gasteiger charge is -2.25. The molecule has 0 radical (unpaired) electrons. The van der Waals surface area contributed by atoms with Crippen molar-refractivity contribution in [1.82, 2.24) is 9.88 Å². The van der Waals surface area contributed by atoms with Crippen LogP contribution in [0.1, 0.15) is 18.5 Å². The van der Waals surface area contributed by atoms with Gasteiger partial charge in [-0.2, -0.15) is 18.4 Å². The molecule has 0 aliphatic carbocycles. The zero-order valence-corrected chi connectivity index (χ0v) is 22.0. The number of hydrogen-bond donors (Lipinski definition) is 3. The Labute approximate surface area is 225 Å². The molecule has 2 heterocycles. The highest BCUT2D eigenvalue weighted by atomic mass is 32.2. The number of anilines is 2. The molecule has 0 unspecified atom stereocenters. The summed E-state index contributed by atoms with van der Waals surface area (Å²) in [7, 11) is -3.50. The fourth-order valence-electron chi connectivity index (χ4n) is 4.43. The van der Waals surface area contributed by atoms with E-state index in [1.54, 1.807) is 18.2 Å². The number of sulfone groups is 1. The van der Waals surface area contributed by atoms with E-state index < -0.39 is 22.6 Å². The first kappa shape index (κ1) is 28.1. The van der Waals surface area contributed by atoms with Crippen LogP contribution < -0.4 is 20.7 Å². The van der Waals surface area contributed by atoms with Gasteiger partial charge in [-0.15, -0.1) is 0 Å². The second-order valence-electron chi connectivity index (χ2n) is 9.17. The number of nitriles is 1. The summed E-state index contributed by atoms with van der Waals surface area (Å²) in [6.45, 7) is 0.330. The first-order chi connectivity index (χ1) is 18.5. The molecule has 3 N–H and O–H groups in total. The van der Waals surface area contributed by atoms with Crippen molar-refractivity contribution in [1.29, 1.82) is 5.26 Å². The Morgan fingerprint density at radius 1 is 1.15 bits per heavy atom. The first-order valence-corrected chi connectivity index (χ1v) is 14.2. The SMILES string of the molecule is CS(=O)(=O)c1ccc(NCC#Cc2cc3c(NC4CCNCC4)cccc3n2CC(F)(F)F)c(OCC#N)c1. The largest absolute Gasteiger partial charge is 0.477 e. The van der Waals surface area contributed by atoms with Crippen molar-refractivity contribution in [2.75, 3.05) is 43.1 Å². The fourth-order valence-corrected chi connectivity index (χ4v) is 5.07. The van der Waals surface area contributed by atoms with Crippen LogP contribution >= 0.6 is 0 Å². The van der Waals surface area contributed by atoms with E-state index in [-0.39, 0.29) is 35.5 Å². The molecule has 0 bridgehead atoms. The number of ether oxygens (including phenoxy) is 1. The van der Waals surface area contributed by atoms with Crippen LogP contribution in [0.5, 0.6) is 5.75 Å². The predicted molar refractivity (Wildman–Crippen MR) is 144 cm³/mol. The molecule has 0 spiro atoms. The van der Waals surface area contributed by atoms with Crippen LogP contribution in [0.15, 0.2) is 47.4 Å². The molecular weight excluding hydrogens is 531 g/mol. The number of alkyl halides is 3. The number of hydrogen-bond acceptors (Lipinski definition) is 7. The summed E-state index contributed by atoms with van der Waals surface area (Å²) in [5.41, 5.74) is 1.83. The van der Waals surface area contributed by atoms with Crippen molar-refractivity contribution < 1.29 is 26.3 Å². The van der Waals surface area contributed by atoms with Crippen LogP contribution in [0.4, 0.5) is 24.5 Å². The molecule has 1 fully saturated rings. The number of aromatic nitrogens is 1. The van der Waals surface area contributed by atoms with Crippen LogP contribution in [0.2, 0.25) is 0 Å². The lowest BCUT2D eigenvalue weighted by atomic mass is 10.1. The monoisotopic (exact) mass is 559 g/mol. The molecular formula is C27H28F3N5O3S. The number of nitrogens with zero attached hydrogens (tertiary/aromatic N) is 2. The Balaban J connectivity index is 1.60. The summed E-state index contributed by atoms with van der Waals surface area (Å²) in [5, 5.41) is 19.3. The number of fused-ring (bicyclic) bond motifs is 1. The molecule has 39 heavy (non-hydrogen) atoms. The van der Waals surface area contributed by atoms with E-state index in [1.807, 2.05) is 12.1 Å². The average Bonchev–Trinajstić information content (AvgIpc) is 3.22. The van der Waals surface area contributed by atoms with E-state index in [2.05, 4.69) is 27.8 Å². The van der Waals surface area contributed by atoms with E-state index in [4.69, 9.17) is 10.00 Å². The summed E-state index contributed by atoms with van der Waals surface area (Å²) in [6, 6.07) is 13.2. The summed E-state index contributed by atoms with van der Waals surface area (Å²) in [4.78, 5) is 0.0256. The minimum Gasteiger partial charge on any atom is -0.477 e. The van der Waals surface area contributed by atoms with Crippen molar-refractivity contribution in [3.63, 3.8) is 0 Å². The molecule has 1 aliphatic rings. The summed E-state index contributed by atoms with van der Waals surface area (Å²) in [5.74, 6) is 5.85. The molecule has 1 aliphatic heterocycles. The molecule has 4 rings (SSSR count). The van der Waals surface area contributed by atoms with Gasteiger partial charge >= 0.3 is 6.18 Å². The Bertz CT molecular complexity index is 1540. The first-order valence-electron chi connectivity index (χ1n) is 12.3. The highest BCUT2D eigenvalue weighted by Crippen LogP contribution is 2.31. The summed E-state index contributed by atoms with van der Waals surface area (Å²) >= 11 is 0. The molecule has 0 amide bonds. The van der Waals surface area contributed by atoms with Crippen molar-refractivity contribution in [3.05, 3.63) is 48.2 Å². The van der Waals surface area contributed by atoms with Crippen LogP contribution in [0, 0.1) is 23.2 Å². The second kappa shape index (κ2) is 11.9. The zero-order valence-electron chi connectivity index (χ0n) is 21.2. The topological polar surface area (TPSA) is 108 Å². The Morgan fingerprint density at radius 2 is 1.92 bits per heavy atom. The van der Waals surface area contributed by atoms with E-state index in [0.29, 0.717) is 16.6 Å². The molecule has 12 heteroatoms. The van der Waals surface area contributed by atoms with E-state index >= 15 is 0 Å². The van der Waals surface area contributed by atoms with Gasteiger partial charge in [0, 0.05) is 29.4 Å². The highest BCUT2D eigenvalue weighted by Gasteiger charge is 2.30. The summed E-state index contributed by atoms with van der Waals surface area (Å²) in [6.07, 6.45) is -1.54. The van der Waals surface area contributed by atoms with Crippen molar-refractivity contribution in [3.8, 4) is 23.7 Å². The lowest BCUT2D eigenvalue weighted by Crippen LogP contribution is -2.35. The Hall–Kier alpha value is -3.87. The second-order valence-corrected chi connectivity index (χ2v) is 11.2. The number of halogens is 3. The number of piperidine rings is 1. The van der Waals surface area contributed by atoms with Gasteiger partial charge in [0.1, 0.15) is 18.4 Å². The number of rotatable bonds is 8. The number of nitrogens with one attached hydrogen (secondary N) is 3. The molecule has 3 aromatic rings. The third kappa shape index (κ3) is 7.37. The normalized spacial score (nSPS) is 14.3. The number of benzene rings is 2. The van der Waals surface area contributed by atoms with Gasteiger partial charge in [0.25, 0.3) is 0 Å². The quantitative estimate of drug-likeness (QED) is 0.356. The predicted octanol–water partition coefficient (Wildman–Crippen LogP) is 4.14. The molecule has 0 saturated carbocycles. The molecule has 0 atom stereocenters. The average molecular weight is 560 g/mol. The van der Waals surface area contributed by atoms with E-state index in [0.717, 1.165) is 42.4 Å². The standard InChI is InChI=1S/C27H28F3N5O3S/c1-39(36,37)21-7-8-24(26(17-21)38-15-11-31)33-12-3-4-20-16-22-23(34-19-9-13-32-14-10-19)5-2-6-25(22)35(20)18-27(28,29)30/h2,5-8,16-17,19,32-34H,9-10,12-15,18H2,1H3. The maximum absolute atomic E-state index is 13.5. The lowest BCUT2D eigenvalue weighted by molar-refractivity contribution is -0.140. The minimum atomic E-state index is -4.44. The van der Waals surface area contributed by atoms with Gasteiger partial charge in [-0.05, 0) is 62.2 Å². The van der Waals surface area contributed by atoms with Gasteiger partial charge < -0.3 is 25.3 Å². The maximum Gasteiger partial charge on any atom is 0.406 e. The van der Waals surface area contributed by atoms with Crippen molar-refractivity contribution in [2.45, 2.75) is 36.5 Å². The van der Waals surface area contributed by atoms with E-state index in [9.17, 15) is 21.6 Å². The fraction of sp³-hybridized carbons (Fsp3) is 0.370. The van der Waals surface area contributed by atoms with Gasteiger partial charge in [-0.3, -0.25) is 0 Å². The highest BCUT2D eigenvalue weighted by molar-refractivity contribution is 7.90. The minimum absolute atomic E-state index is 0.0256. The molecule has 8 nitrogen and oxygen atoms in total. The smallest absolute Gasteiger partial charge is 0.406 e. The molecule has 206 valence electrons. The third-order valence-electron chi connectivity index (χ3n) is 6.24. The van der Waals surface area contributed by atoms with Gasteiger partial charge in [-0.25, -0.2) is 8.42 Å². The van der Waals surface area contributed by atoms with Gasteiger partial charge in [-0.1, -0.05) is 12.0 Å². The van der Waals surface area contributed by atoms with Crippen LogP contribution in [0.25, 0.3) is 10.9 Å². The van der Waals surface area contributed by atoms with Crippen LogP contribution in [-0.2, 0) is 16.4 Å². The molecule has 1 aromatic heterocycles. The third-order valence-corrected chi connectivity index (χ3v) is 7.35.